The molecule has 0 aromatic rings. The molecular formula is C40H102N2O11Si10+2. The van der Waals surface area contributed by atoms with Crippen LogP contribution in [-0.2, 0) is 46.5 Å². The zero-order valence-corrected chi connectivity index (χ0v) is 55.4. The number of nitrogens with zero attached hydrogens (tertiary/aromatic N) is 2. The van der Waals surface area contributed by atoms with Gasteiger partial charge in [0.15, 0.2) is 16.6 Å². The van der Waals surface area contributed by atoms with Gasteiger partial charge in [0, 0.05) is 0 Å². The summed E-state index contributed by atoms with van der Waals surface area (Å²) in [6, 6.07) is 2.23. The van der Waals surface area contributed by atoms with Crippen molar-refractivity contribution < 1.29 is 55.5 Å². The Morgan fingerprint density at radius 1 is 0.349 bits per heavy atom. The van der Waals surface area contributed by atoms with Crippen LogP contribution in [0.5, 0.6) is 0 Å². The van der Waals surface area contributed by atoms with Gasteiger partial charge in [-0.1, -0.05) is 0 Å². The molecule has 2 heterocycles. The van der Waals surface area contributed by atoms with Crippen molar-refractivity contribution in [2.75, 3.05) is 65.6 Å². The molecule has 376 valence electrons. The second-order valence-electron chi connectivity index (χ2n) is 23.5. The molecule has 2 aliphatic heterocycles. The summed E-state index contributed by atoms with van der Waals surface area (Å²) in [6.07, 6.45) is 3.22. The predicted molar refractivity (Wildman–Crippen MR) is 285 cm³/mol. The van der Waals surface area contributed by atoms with Crippen molar-refractivity contribution in [3.05, 3.63) is 0 Å². The minimum absolute atomic E-state index is 0.449. The van der Waals surface area contributed by atoms with E-state index in [1.165, 1.54) is 13.1 Å². The highest BCUT2D eigenvalue weighted by atomic mass is 28.5. The molecule has 0 N–H and O–H groups in total. The summed E-state index contributed by atoms with van der Waals surface area (Å²) in [5.74, 6) is 0. The lowest BCUT2D eigenvalue weighted by Gasteiger charge is -2.45. The number of hydrogen-bond donors (Lipinski definition) is 0. The predicted octanol–water partition coefficient (Wildman–Crippen LogP) is 10.5. The van der Waals surface area contributed by atoms with E-state index < -0.39 is 85.1 Å². The van der Waals surface area contributed by atoms with Crippen molar-refractivity contribution in [2.24, 2.45) is 0 Å². The van der Waals surface area contributed by atoms with Gasteiger partial charge in [0.2, 0.25) is 0 Å². The van der Waals surface area contributed by atoms with Gasteiger partial charge in [-0.25, -0.2) is 0 Å². The van der Waals surface area contributed by atoms with Gasteiger partial charge in [0.25, 0.3) is 0 Å². The van der Waals surface area contributed by atoms with Gasteiger partial charge in [0.05, 0.1) is 52.5 Å². The molecule has 63 heavy (non-hydrogen) atoms. The molecule has 2 fully saturated rings. The number of rotatable bonds is 34. The van der Waals surface area contributed by atoms with Crippen LogP contribution in [0.3, 0.4) is 0 Å². The van der Waals surface area contributed by atoms with Gasteiger partial charge in [-0.3, -0.25) is 0 Å². The van der Waals surface area contributed by atoms with E-state index in [9.17, 15) is 0 Å². The zero-order valence-electron chi connectivity index (χ0n) is 45.4. The van der Waals surface area contributed by atoms with Crippen LogP contribution >= 0.6 is 0 Å². The van der Waals surface area contributed by atoms with E-state index in [2.05, 4.69) is 159 Å². The van der Waals surface area contributed by atoms with Crippen molar-refractivity contribution in [3.8, 4) is 0 Å². The van der Waals surface area contributed by atoms with Crippen LogP contribution in [-0.4, -0.2) is 172 Å². The van der Waals surface area contributed by atoms with E-state index in [-0.39, 0.29) is 0 Å². The first-order chi connectivity index (χ1) is 28.2. The third kappa shape index (κ3) is 24.4. The van der Waals surface area contributed by atoms with Gasteiger partial charge < -0.3 is 55.5 Å². The molecule has 0 amide bonds. The highest BCUT2D eigenvalue weighted by Crippen LogP contribution is 2.32. The standard InChI is InChI=1S/C40H102N2O11Si10/c1-25-41(26-2,35-39-37-43-39)31-29-33-54(5,6)45-56(9,10)47-58(13,14)49-60(17,18)51-62(21,22)53-63(23,24)52-61(19,20)50-59(15,16)48-57(11,12)46-55(7,8)34-30-32-42(27-3,28-4)36-40-38-44-40/h39-40H,25-38H2,1-24H3/q+2. The fraction of sp³-hybridized carbons (Fsp3) is 1.00. The Labute approximate surface area is 399 Å². The van der Waals surface area contributed by atoms with Gasteiger partial charge in [-0.2, -0.15) is 0 Å². The maximum atomic E-state index is 6.99. The lowest BCUT2D eigenvalue weighted by Crippen LogP contribution is -2.62. The Kier molecular flexibility index (Phi) is 22.0. The lowest BCUT2D eigenvalue weighted by molar-refractivity contribution is -0.925. The van der Waals surface area contributed by atoms with Gasteiger partial charge >= 0.3 is 68.5 Å². The molecule has 2 atom stereocenters. The van der Waals surface area contributed by atoms with Crippen LogP contribution in [0.25, 0.3) is 0 Å². The number of epoxide rings is 2. The number of likely N-dealkylation sites (N-methyl/N-ethyl adjacent to an activating group) is 2. The molecule has 2 unspecified atom stereocenters. The van der Waals surface area contributed by atoms with Gasteiger partial charge in [0.1, 0.15) is 25.3 Å². The average Bonchev–Trinajstić information content (AvgIpc) is 3.95. The summed E-state index contributed by atoms with van der Waals surface area (Å²) in [5, 5.41) is 0. The maximum absolute atomic E-state index is 6.99. The average molecular weight is 1070 g/mol. The molecule has 13 nitrogen and oxygen atoms in total. The maximum Gasteiger partial charge on any atom is 0.314 e. The highest BCUT2D eigenvalue weighted by Gasteiger charge is 2.51. The van der Waals surface area contributed by atoms with Crippen LogP contribution in [0.1, 0.15) is 40.5 Å². The van der Waals surface area contributed by atoms with Crippen LogP contribution in [0.2, 0.25) is 143 Å². The molecule has 2 rings (SSSR count). The van der Waals surface area contributed by atoms with Crippen molar-refractivity contribution in [1.82, 2.24) is 0 Å². The van der Waals surface area contributed by atoms with Gasteiger partial charge in [-0.15, -0.1) is 0 Å². The van der Waals surface area contributed by atoms with E-state index in [4.69, 9.17) is 46.5 Å². The molecule has 2 saturated heterocycles. The van der Waals surface area contributed by atoms with Crippen molar-refractivity contribution in [2.45, 2.75) is 196 Å². The van der Waals surface area contributed by atoms with Crippen LogP contribution in [0.4, 0.5) is 0 Å². The zero-order chi connectivity index (χ0) is 48.8. The van der Waals surface area contributed by atoms with E-state index in [0.717, 1.165) is 86.4 Å². The summed E-state index contributed by atoms with van der Waals surface area (Å²) in [4.78, 5) is 0. The second-order valence-corrected chi connectivity index (χ2v) is 61.3. The Balaban J connectivity index is 1.95. The first-order valence-corrected chi connectivity index (χ1v) is 53.2. The third-order valence-electron chi connectivity index (χ3n) is 12.0. The Morgan fingerprint density at radius 2 is 0.540 bits per heavy atom. The highest BCUT2D eigenvalue weighted by molar-refractivity contribution is 6.93. The summed E-state index contributed by atoms with van der Waals surface area (Å²) in [6.45, 7) is 63.9. The smallest absolute Gasteiger partial charge is 0.314 e. The quantitative estimate of drug-likeness (QED) is 0.0349. The summed E-state index contributed by atoms with van der Waals surface area (Å²) >= 11 is 0. The molecule has 0 aliphatic carbocycles. The molecular weight excluding hydrogens is 965 g/mol. The third-order valence-corrected chi connectivity index (χ3v) is 51.0. The SMILES string of the molecule is CC[N+](CC)(CCC[Si](C)(C)O[Si](C)(C)O[Si](C)(C)O[Si](C)(C)O[Si](C)(C)O[Si](C)(C)O[Si](C)(C)O[Si](C)(C)O[Si](C)(C)O[Si](C)(C)CCC[N+](CC)(CC)CC1CO1)CC1CO1. The topological polar surface area (TPSA) is 108 Å². The van der Waals surface area contributed by atoms with E-state index >= 15 is 0 Å². The fourth-order valence-electron chi connectivity index (χ4n) is 10.4. The van der Waals surface area contributed by atoms with E-state index in [0.29, 0.717) is 12.2 Å². The number of hydrogen-bond acceptors (Lipinski definition) is 11. The molecule has 2 aliphatic rings. The van der Waals surface area contributed by atoms with Crippen molar-refractivity contribution >= 4 is 85.1 Å². The largest absolute Gasteiger partial charge is 0.436 e. The normalized spacial score (nSPS) is 19.2. The first kappa shape index (κ1) is 60.8. The van der Waals surface area contributed by atoms with Crippen molar-refractivity contribution in [1.29, 1.82) is 0 Å². The molecule has 0 radical (unpaired) electrons. The monoisotopic (exact) mass is 1070 g/mol. The molecule has 0 bridgehead atoms. The minimum Gasteiger partial charge on any atom is -0.436 e. The molecule has 23 heteroatoms. The fourth-order valence-corrected chi connectivity index (χ4v) is 61.4. The summed E-state index contributed by atoms with van der Waals surface area (Å²) in [5.41, 5.74) is 0. The number of quaternary nitrogens is 2. The molecule has 0 spiro atoms. The minimum atomic E-state index is -2.72. The number of ether oxygens (including phenoxy) is 2. The van der Waals surface area contributed by atoms with Gasteiger partial charge in [-0.05, 0) is 184 Å². The first-order valence-electron chi connectivity index (χ1n) is 24.4. The van der Waals surface area contributed by atoms with Crippen molar-refractivity contribution in [3.63, 3.8) is 0 Å². The van der Waals surface area contributed by atoms with Crippen LogP contribution in [0.15, 0.2) is 0 Å². The van der Waals surface area contributed by atoms with Crippen LogP contribution in [0, 0.1) is 0 Å². The van der Waals surface area contributed by atoms with E-state index in [1.807, 2.05) is 0 Å². The Hall–Kier alpha value is 1.65. The molecule has 0 saturated carbocycles. The summed E-state index contributed by atoms with van der Waals surface area (Å²) < 4.78 is 75.9. The van der Waals surface area contributed by atoms with E-state index in [1.54, 1.807) is 0 Å². The Bertz CT molecular complexity index is 1310. The Morgan fingerprint density at radius 3 is 0.714 bits per heavy atom. The molecule has 0 aromatic carbocycles. The molecule has 0 aromatic heterocycles. The second kappa shape index (κ2) is 22.8. The summed E-state index contributed by atoms with van der Waals surface area (Å²) in [7, 11) is -25.1. The lowest BCUT2D eigenvalue weighted by atomic mass is 10.2. The van der Waals surface area contributed by atoms with Crippen LogP contribution < -0.4 is 0 Å².